The van der Waals surface area contributed by atoms with Crippen molar-refractivity contribution in [2.75, 3.05) is 10.9 Å². The summed E-state index contributed by atoms with van der Waals surface area (Å²) in [4.78, 5) is 40.6. The number of benzene rings is 2. The monoisotopic (exact) mass is 530 g/mol. The van der Waals surface area contributed by atoms with Gasteiger partial charge in [-0.25, -0.2) is 0 Å². The van der Waals surface area contributed by atoms with Gasteiger partial charge in [-0.05, 0) is 12.1 Å². The van der Waals surface area contributed by atoms with Crippen molar-refractivity contribution in [3.8, 4) is 0 Å². The van der Waals surface area contributed by atoms with Gasteiger partial charge in [-0.3, -0.25) is 51.3 Å². The zero-order valence-corrected chi connectivity index (χ0v) is 18.4. The fraction of sp³-hybridized carbons (Fsp3) is 0.0667. The zero-order chi connectivity index (χ0) is 26.4. The van der Waals surface area contributed by atoms with Gasteiger partial charge in [0.15, 0.2) is 0 Å². The molecule has 0 heterocycles. The summed E-state index contributed by atoms with van der Waals surface area (Å²) in [5.74, 6) is -0.541. The highest BCUT2D eigenvalue weighted by molar-refractivity contribution is 6.33. The van der Waals surface area contributed by atoms with E-state index in [0.29, 0.717) is 12.1 Å². The van der Waals surface area contributed by atoms with Crippen LogP contribution in [0.1, 0.15) is 6.42 Å². The van der Waals surface area contributed by atoms with E-state index in [1.165, 1.54) is 0 Å². The van der Waals surface area contributed by atoms with Crippen LogP contribution in [0.15, 0.2) is 34.5 Å². The molecule has 0 amide bonds. The smallest absolute Gasteiger partial charge is 0.301 e. The van der Waals surface area contributed by atoms with Crippen LogP contribution in [0, 0.1) is 40.5 Å². The van der Waals surface area contributed by atoms with Crippen LogP contribution < -0.4 is 22.3 Å². The number of nitro groups is 4. The van der Waals surface area contributed by atoms with Gasteiger partial charge >= 0.3 is 11.4 Å². The highest BCUT2D eigenvalue weighted by Gasteiger charge is 2.25. The predicted octanol–water partition coefficient (Wildman–Crippen LogP) is 3.08. The van der Waals surface area contributed by atoms with Crippen LogP contribution in [0.4, 0.5) is 34.1 Å². The third-order valence-corrected chi connectivity index (χ3v) is 4.52. The van der Waals surface area contributed by atoms with E-state index in [2.05, 4.69) is 21.1 Å². The molecule has 0 aliphatic rings. The quantitative estimate of drug-likeness (QED) is 0.149. The average Bonchev–Trinajstić information content (AvgIpc) is 2.75. The number of amidine groups is 2. The lowest BCUT2D eigenvalue weighted by Crippen LogP contribution is -2.24. The number of nitrogens with two attached hydrogens (primary N) is 2. The second kappa shape index (κ2) is 10.9. The highest BCUT2D eigenvalue weighted by atomic mass is 35.5. The summed E-state index contributed by atoms with van der Waals surface area (Å²) >= 11 is 11.5. The molecule has 184 valence electrons. The third kappa shape index (κ3) is 6.58. The lowest BCUT2D eigenvalue weighted by molar-refractivity contribution is -0.393. The minimum Gasteiger partial charge on any atom is -0.385 e. The normalized spacial score (nSPS) is 11.6. The van der Waals surface area contributed by atoms with Crippen LogP contribution in [0.5, 0.6) is 0 Å². The fourth-order valence-electron chi connectivity index (χ4n) is 2.39. The topological polar surface area (TPSA) is 273 Å². The molecule has 20 heteroatoms. The molecule has 0 unspecified atom stereocenters. The molecule has 0 aromatic heterocycles. The average molecular weight is 531 g/mol. The number of hydrazone groups is 2. The maximum atomic E-state index is 11.2. The first-order chi connectivity index (χ1) is 16.3. The lowest BCUT2D eigenvalue weighted by atomic mass is 10.2. The molecule has 0 radical (unpaired) electrons. The summed E-state index contributed by atoms with van der Waals surface area (Å²) in [6.45, 7) is 0. The van der Waals surface area contributed by atoms with Crippen LogP contribution in [0.25, 0.3) is 0 Å². The fourth-order valence-corrected chi connectivity index (χ4v) is 2.86. The van der Waals surface area contributed by atoms with E-state index in [9.17, 15) is 40.5 Å². The minimum atomic E-state index is -0.903. The summed E-state index contributed by atoms with van der Waals surface area (Å²) in [5, 5.41) is 50.7. The SMILES string of the molecule is N/C(C/C(N)=N/Nc1cc(Cl)c([N+](=O)[O-])cc1[N+](=O)[O-])=N\Nc1cc(Cl)c([N+](=O)[O-])cc1[N+](=O)[O-]. The van der Waals surface area contributed by atoms with E-state index in [4.69, 9.17) is 34.7 Å². The van der Waals surface area contributed by atoms with E-state index in [1.54, 1.807) is 0 Å². The largest absolute Gasteiger partial charge is 0.385 e. The number of halogens is 2. The van der Waals surface area contributed by atoms with E-state index in [0.717, 1.165) is 12.1 Å². The van der Waals surface area contributed by atoms with Crippen molar-refractivity contribution < 1.29 is 19.7 Å². The first-order valence-electron chi connectivity index (χ1n) is 8.72. The molecule has 35 heavy (non-hydrogen) atoms. The Kier molecular flexibility index (Phi) is 8.19. The van der Waals surface area contributed by atoms with Crippen molar-refractivity contribution in [1.29, 1.82) is 0 Å². The molecule has 2 aromatic carbocycles. The number of nitrogens with one attached hydrogen (secondary N) is 2. The van der Waals surface area contributed by atoms with Gasteiger partial charge < -0.3 is 11.5 Å². The zero-order valence-electron chi connectivity index (χ0n) is 16.9. The summed E-state index contributed by atoms with van der Waals surface area (Å²) in [7, 11) is 0. The van der Waals surface area contributed by atoms with Gasteiger partial charge in [-0.15, -0.1) is 0 Å². The summed E-state index contributed by atoms with van der Waals surface area (Å²) in [5.41, 5.74) is 12.4. The molecular formula is C15H12Cl2N10O8. The molecule has 2 rings (SSSR count). The Hall–Kier alpha value is -4.84. The summed E-state index contributed by atoms with van der Waals surface area (Å²) < 4.78 is 0. The number of anilines is 2. The molecule has 0 aliphatic heterocycles. The standard InChI is InChI=1S/C15H12Cl2N10O8/c16-6-1-8(12(26(32)33)3-10(6)24(28)29)20-22-14(18)5-15(19)23-21-9-2-7(17)11(25(30)31)4-13(9)27(34)35/h1-4,20-21H,5H2,(H2,18,22)(H2,19,23). The van der Waals surface area contributed by atoms with E-state index >= 15 is 0 Å². The van der Waals surface area contributed by atoms with E-state index < -0.39 is 52.5 Å². The van der Waals surface area contributed by atoms with Crippen LogP contribution in [-0.2, 0) is 0 Å². The van der Waals surface area contributed by atoms with Crippen molar-refractivity contribution >= 4 is 69.0 Å². The maximum absolute atomic E-state index is 11.2. The number of hydrogen-bond donors (Lipinski definition) is 4. The molecule has 0 atom stereocenters. The summed E-state index contributed by atoms with van der Waals surface area (Å²) in [6, 6.07) is 3.09. The van der Waals surface area contributed by atoms with E-state index in [1.807, 2.05) is 0 Å². The van der Waals surface area contributed by atoms with Crippen molar-refractivity contribution in [3.63, 3.8) is 0 Å². The molecule has 18 nitrogen and oxygen atoms in total. The predicted molar refractivity (Wildman–Crippen MR) is 125 cm³/mol. The number of rotatable bonds is 10. The molecule has 0 spiro atoms. The van der Waals surface area contributed by atoms with Gasteiger partial charge in [0, 0.05) is 0 Å². The Labute approximate surface area is 202 Å². The molecule has 0 bridgehead atoms. The van der Waals surface area contributed by atoms with Gasteiger partial charge in [-0.1, -0.05) is 23.2 Å². The van der Waals surface area contributed by atoms with Crippen LogP contribution in [0.2, 0.25) is 10.0 Å². The van der Waals surface area contributed by atoms with Crippen LogP contribution in [-0.4, -0.2) is 31.4 Å². The second-order valence-corrected chi connectivity index (χ2v) is 7.09. The summed E-state index contributed by atoms with van der Waals surface area (Å²) in [6.07, 6.45) is -0.358. The van der Waals surface area contributed by atoms with Crippen molar-refractivity contribution in [2.45, 2.75) is 6.42 Å². The maximum Gasteiger partial charge on any atom is 0.301 e. The van der Waals surface area contributed by atoms with Gasteiger partial charge in [0.1, 0.15) is 33.1 Å². The van der Waals surface area contributed by atoms with Gasteiger partial charge in [0.05, 0.1) is 38.2 Å². The Morgan fingerprint density at radius 1 is 0.686 bits per heavy atom. The van der Waals surface area contributed by atoms with Crippen molar-refractivity contribution in [1.82, 2.24) is 0 Å². The highest BCUT2D eigenvalue weighted by Crippen LogP contribution is 2.36. The minimum absolute atomic E-state index is 0.270. The lowest BCUT2D eigenvalue weighted by Gasteiger charge is -2.07. The van der Waals surface area contributed by atoms with Gasteiger partial charge in [-0.2, -0.15) is 10.2 Å². The Balaban J connectivity index is 2.21. The van der Waals surface area contributed by atoms with Crippen molar-refractivity contribution in [3.05, 3.63) is 74.8 Å². The van der Waals surface area contributed by atoms with Crippen molar-refractivity contribution in [2.24, 2.45) is 21.7 Å². The second-order valence-electron chi connectivity index (χ2n) is 6.28. The van der Waals surface area contributed by atoms with Gasteiger partial charge in [0.25, 0.3) is 11.4 Å². The Morgan fingerprint density at radius 2 is 1.00 bits per heavy atom. The molecule has 2 aromatic rings. The van der Waals surface area contributed by atoms with Gasteiger partial charge in [0.2, 0.25) is 0 Å². The first-order valence-corrected chi connectivity index (χ1v) is 9.48. The molecule has 6 N–H and O–H groups in total. The molecule has 0 fully saturated rings. The third-order valence-electron chi connectivity index (χ3n) is 3.92. The number of nitrogens with zero attached hydrogens (tertiary/aromatic N) is 6. The van der Waals surface area contributed by atoms with Crippen LogP contribution >= 0.6 is 23.2 Å². The van der Waals surface area contributed by atoms with E-state index in [-0.39, 0.29) is 29.5 Å². The Morgan fingerprint density at radius 3 is 1.29 bits per heavy atom. The van der Waals surface area contributed by atoms with Crippen LogP contribution in [0.3, 0.4) is 0 Å². The molecule has 0 saturated carbocycles. The molecule has 0 aliphatic carbocycles. The molecule has 0 saturated heterocycles. The number of hydrogen-bond acceptors (Lipinski definition) is 12. The number of nitro benzene ring substituents is 4. The molecular weight excluding hydrogens is 519 g/mol. The Bertz CT molecular complexity index is 1200. The first kappa shape index (κ1) is 26.4.